The van der Waals surface area contributed by atoms with E-state index in [9.17, 15) is 61.5 Å². The van der Waals surface area contributed by atoms with Crippen molar-refractivity contribution in [1.29, 1.82) is 0 Å². The van der Waals surface area contributed by atoms with Gasteiger partial charge in [0.2, 0.25) is 0 Å². The van der Waals surface area contributed by atoms with E-state index in [0.29, 0.717) is 16.8 Å². The second-order valence-electron chi connectivity index (χ2n) is 10.1. The highest BCUT2D eigenvalue weighted by Crippen LogP contribution is 2.36. The van der Waals surface area contributed by atoms with Crippen LogP contribution in [-0.4, -0.2) is 0 Å². The summed E-state index contributed by atoms with van der Waals surface area (Å²) in [5.41, 5.74) is -2.44. The Balaban J connectivity index is 0.00000239. The van der Waals surface area contributed by atoms with Crippen molar-refractivity contribution in [3.63, 3.8) is 0 Å². The normalized spacial score (nSPS) is 11.4. The van der Waals surface area contributed by atoms with Crippen molar-refractivity contribution in [1.82, 2.24) is 0 Å². The molecule has 0 spiro atoms. The van der Waals surface area contributed by atoms with Crippen molar-refractivity contribution < 1.29 is 61.5 Å². The Bertz CT molecular complexity index is 2510. The number of hydrogen-bond donors (Lipinski definition) is 0. The fourth-order valence-corrected chi connectivity index (χ4v) is 5.00. The molecule has 0 N–H and O–H groups in total. The molecular formula is C36H14F14. The molecule has 0 aliphatic heterocycles. The topological polar surface area (TPSA) is 0 Å². The lowest BCUT2D eigenvalue weighted by Crippen LogP contribution is -2.06. The molecule has 0 saturated heterocycles. The molecule has 256 valence electrons. The van der Waals surface area contributed by atoms with Crippen LogP contribution in [0, 0.1) is 93.3 Å². The van der Waals surface area contributed by atoms with Crippen LogP contribution < -0.4 is 0 Å². The zero-order valence-electron chi connectivity index (χ0n) is 24.9. The van der Waals surface area contributed by atoms with Gasteiger partial charge < -0.3 is 0 Å². The van der Waals surface area contributed by atoms with Gasteiger partial charge in [-0.1, -0.05) is 50.0 Å². The summed E-state index contributed by atoms with van der Waals surface area (Å²) in [4.78, 5) is 0. The quantitative estimate of drug-likeness (QED) is 0.0551. The standard InChI is InChI=1S/C34H8F14.C2H6/c35-21-15(23(37)25(39)19-17(21)27(41)31(45)33(47)29(19)43)7-3-11-1-5-13-10-12(2-6-14(13)9-11)4-8-16-22(36)18-20(26(40)24(16)38)30(44)34(48)32(46)28(18)42;1-2/h1-3,5-7,9-10H;1-2H3. The molecule has 0 unspecified atom stereocenters. The lowest BCUT2D eigenvalue weighted by molar-refractivity contribution is 0.411. The van der Waals surface area contributed by atoms with Crippen LogP contribution in [0.15, 0.2) is 36.4 Å². The van der Waals surface area contributed by atoms with Crippen LogP contribution in [0.5, 0.6) is 0 Å². The Kier molecular flexibility index (Phi) is 9.56. The van der Waals surface area contributed by atoms with Gasteiger partial charge in [0.05, 0.1) is 21.5 Å². The third-order valence-electron chi connectivity index (χ3n) is 7.35. The van der Waals surface area contributed by atoms with Gasteiger partial charge in [-0.15, -0.1) is 0 Å². The summed E-state index contributed by atoms with van der Waals surface area (Å²) in [6.07, 6.45) is 1.65. The third kappa shape index (κ3) is 5.56. The SMILES string of the molecule is CC.Fc1c(F)c(F)c2c(F)c(C#Cc3ccc4cc(C=Cc5c(F)c(F)c6c(F)c(F)c(F)c(F)c6c5F)ccc4c3)c(F)c(F)c2c1F. The number of rotatable bonds is 2. The van der Waals surface area contributed by atoms with Crippen LogP contribution in [0.25, 0.3) is 44.5 Å². The summed E-state index contributed by atoms with van der Waals surface area (Å²) in [7, 11) is 0. The fourth-order valence-electron chi connectivity index (χ4n) is 5.00. The van der Waals surface area contributed by atoms with Crippen molar-refractivity contribution in [2.75, 3.05) is 0 Å². The van der Waals surface area contributed by atoms with E-state index in [0.717, 1.165) is 6.08 Å². The third-order valence-corrected chi connectivity index (χ3v) is 7.35. The summed E-state index contributed by atoms with van der Waals surface area (Å²) < 4.78 is 199. The van der Waals surface area contributed by atoms with Gasteiger partial charge in [-0.2, -0.15) is 0 Å². The minimum Gasteiger partial charge on any atom is -0.205 e. The van der Waals surface area contributed by atoms with E-state index in [2.05, 4.69) is 5.92 Å². The summed E-state index contributed by atoms with van der Waals surface area (Å²) >= 11 is 0. The van der Waals surface area contributed by atoms with Crippen molar-refractivity contribution in [3.05, 3.63) is 140 Å². The zero-order chi connectivity index (χ0) is 36.9. The van der Waals surface area contributed by atoms with Crippen molar-refractivity contribution >= 4 is 44.5 Å². The monoisotopic (exact) mass is 712 g/mol. The summed E-state index contributed by atoms with van der Waals surface area (Å²) in [5, 5.41) is -6.13. The van der Waals surface area contributed by atoms with E-state index in [1.54, 1.807) is 0 Å². The first kappa shape index (κ1) is 35.7. The maximum Gasteiger partial charge on any atom is 0.198 e. The highest BCUT2D eigenvalue weighted by Gasteiger charge is 2.31. The highest BCUT2D eigenvalue weighted by atomic mass is 19.2. The number of fused-ring (bicyclic) bond motifs is 3. The molecule has 0 amide bonds. The van der Waals surface area contributed by atoms with Crippen LogP contribution in [-0.2, 0) is 0 Å². The van der Waals surface area contributed by atoms with E-state index in [1.807, 2.05) is 19.8 Å². The number of halogens is 14. The maximum absolute atomic E-state index is 15.0. The highest BCUT2D eigenvalue weighted by molar-refractivity contribution is 5.91. The van der Waals surface area contributed by atoms with Crippen LogP contribution in [0.1, 0.15) is 36.1 Å². The Morgan fingerprint density at radius 3 is 1.34 bits per heavy atom. The van der Waals surface area contributed by atoms with Gasteiger partial charge in [0.25, 0.3) is 0 Å². The summed E-state index contributed by atoms with van der Waals surface area (Å²) in [6.45, 7) is 4.00. The molecule has 0 bridgehead atoms. The Morgan fingerprint density at radius 2 is 0.800 bits per heavy atom. The lowest BCUT2D eigenvalue weighted by Gasteiger charge is -2.10. The molecule has 0 fully saturated rings. The molecule has 0 aromatic heterocycles. The van der Waals surface area contributed by atoms with Gasteiger partial charge in [0.1, 0.15) is 11.4 Å². The van der Waals surface area contributed by atoms with Gasteiger partial charge in [-0.25, -0.2) is 61.5 Å². The lowest BCUT2D eigenvalue weighted by atomic mass is 10.0. The average Bonchev–Trinajstić information content (AvgIpc) is 3.11. The van der Waals surface area contributed by atoms with Gasteiger partial charge in [-0.05, 0) is 40.6 Å². The van der Waals surface area contributed by atoms with E-state index in [4.69, 9.17) is 0 Å². The van der Waals surface area contributed by atoms with Gasteiger partial charge in [0.15, 0.2) is 75.6 Å². The molecule has 0 nitrogen and oxygen atoms in total. The molecule has 0 atom stereocenters. The summed E-state index contributed by atoms with van der Waals surface area (Å²) in [6, 6.07) is 8.11. The average molecular weight is 712 g/mol. The molecule has 14 heteroatoms. The molecule has 50 heavy (non-hydrogen) atoms. The van der Waals surface area contributed by atoms with Gasteiger partial charge in [0, 0.05) is 11.1 Å². The van der Waals surface area contributed by atoms with E-state index >= 15 is 0 Å². The largest absolute Gasteiger partial charge is 0.205 e. The fraction of sp³-hybridized carbons (Fsp3) is 0.0556. The molecule has 0 aliphatic carbocycles. The molecule has 0 aliphatic rings. The second kappa shape index (κ2) is 13.4. The minimum atomic E-state index is -2.48. The minimum absolute atomic E-state index is 0.0238. The molecule has 0 radical (unpaired) electrons. The molecular weight excluding hydrogens is 698 g/mol. The predicted molar refractivity (Wildman–Crippen MR) is 158 cm³/mol. The van der Waals surface area contributed by atoms with Gasteiger partial charge >= 0.3 is 0 Å². The van der Waals surface area contributed by atoms with Crippen molar-refractivity contribution in [2.24, 2.45) is 0 Å². The first-order chi connectivity index (χ1) is 23.6. The van der Waals surface area contributed by atoms with Crippen molar-refractivity contribution in [3.8, 4) is 11.8 Å². The molecule has 0 heterocycles. The predicted octanol–water partition coefficient (Wildman–Crippen LogP) is 11.7. The first-order valence-corrected chi connectivity index (χ1v) is 14.0. The Morgan fingerprint density at radius 1 is 0.380 bits per heavy atom. The van der Waals surface area contributed by atoms with E-state index in [-0.39, 0.29) is 11.1 Å². The summed E-state index contributed by atoms with van der Waals surface area (Å²) in [5.74, 6) is -27.3. The first-order valence-electron chi connectivity index (χ1n) is 14.0. The Labute approximate surface area is 271 Å². The van der Waals surface area contributed by atoms with Crippen LogP contribution in [0.3, 0.4) is 0 Å². The molecule has 6 aromatic carbocycles. The van der Waals surface area contributed by atoms with E-state index < -0.39 is 114 Å². The van der Waals surface area contributed by atoms with Gasteiger partial charge in [-0.3, -0.25) is 0 Å². The molecule has 6 rings (SSSR count). The smallest absolute Gasteiger partial charge is 0.198 e. The maximum atomic E-state index is 15.0. The van der Waals surface area contributed by atoms with E-state index in [1.165, 1.54) is 36.4 Å². The van der Waals surface area contributed by atoms with Crippen LogP contribution in [0.4, 0.5) is 61.5 Å². The van der Waals surface area contributed by atoms with Crippen LogP contribution in [0.2, 0.25) is 0 Å². The molecule has 6 aromatic rings. The zero-order valence-corrected chi connectivity index (χ0v) is 24.9. The van der Waals surface area contributed by atoms with Crippen LogP contribution >= 0.6 is 0 Å². The number of hydrogen-bond acceptors (Lipinski definition) is 0. The van der Waals surface area contributed by atoms with Crippen molar-refractivity contribution in [2.45, 2.75) is 13.8 Å². The second-order valence-corrected chi connectivity index (χ2v) is 10.1. The molecule has 0 saturated carbocycles. The number of benzene rings is 6. The Hall–Kier alpha value is -5.58.